The molecule has 0 saturated heterocycles. The van der Waals surface area contributed by atoms with Gasteiger partial charge in [-0.3, -0.25) is 14.7 Å². The van der Waals surface area contributed by atoms with Crippen LogP contribution >= 0.6 is 7.60 Å². The van der Waals surface area contributed by atoms with E-state index in [-0.39, 0.29) is 25.3 Å². The number of aryl methyl sites for hydroxylation is 1. The number of ether oxygens (including phenoxy) is 1. The number of nitrogens with two attached hydrogens (primary N) is 1. The molecule has 0 heterocycles. The number of benzene rings is 3. The summed E-state index contributed by atoms with van der Waals surface area (Å²) in [7, 11) is -4.85. The van der Waals surface area contributed by atoms with E-state index in [1.807, 2.05) is 110 Å². The first-order valence-corrected chi connectivity index (χ1v) is 19.0. The van der Waals surface area contributed by atoms with E-state index >= 15 is 0 Å². The molecule has 0 amide bonds. The topological polar surface area (TPSA) is 134 Å². The summed E-state index contributed by atoms with van der Waals surface area (Å²) in [5, 5.41) is 10.7. The molecule has 0 aromatic heterocycles. The molecule has 2 N–H and O–H groups in total. The van der Waals surface area contributed by atoms with Crippen molar-refractivity contribution in [2.24, 2.45) is 11.7 Å². The van der Waals surface area contributed by atoms with Crippen LogP contribution in [0.25, 0.3) is 0 Å². The average molecular weight is 738 g/mol. The van der Waals surface area contributed by atoms with E-state index in [0.29, 0.717) is 36.2 Å². The number of hydrogen-bond donors (Lipinski definition) is 1. The van der Waals surface area contributed by atoms with E-state index < -0.39 is 23.5 Å². The maximum atomic E-state index is 13.2. The zero-order valence-electron chi connectivity index (χ0n) is 30.3. The Balaban J connectivity index is 0.000000931. The van der Waals surface area contributed by atoms with Gasteiger partial charge in [-0.05, 0) is 56.0 Å². The third-order valence-electron chi connectivity index (χ3n) is 6.49. The van der Waals surface area contributed by atoms with Crippen molar-refractivity contribution in [2.45, 2.75) is 54.3 Å². The van der Waals surface area contributed by atoms with Crippen LogP contribution in [0.4, 0.5) is 0 Å². The highest BCUT2D eigenvalue weighted by atomic mass is 32.2. The number of terminal acetylenes is 2. The molecule has 0 aliphatic heterocycles. The molecule has 51 heavy (non-hydrogen) atoms. The largest absolute Gasteiger partial charge is 0.481 e. The van der Waals surface area contributed by atoms with Gasteiger partial charge in [0.15, 0.2) is 6.35 Å². The molecule has 0 fully saturated rings. The lowest BCUT2D eigenvalue weighted by Crippen LogP contribution is -2.32. The second kappa shape index (κ2) is 27.4. The predicted octanol–water partition coefficient (Wildman–Crippen LogP) is 8.50. The minimum absolute atomic E-state index is 0.0187. The number of allylic oxidation sites excluding steroid dienone is 3. The lowest BCUT2D eigenvalue weighted by molar-refractivity contribution is -0.424. The summed E-state index contributed by atoms with van der Waals surface area (Å²) in [4.78, 5) is 10.7. The maximum Gasteiger partial charge on any atom is 0.368 e. The molecule has 0 spiro atoms. The average Bonchev–Trinajstić information content (AvgIpc) is 3.16. The van der Waals surface area contributed by atoms with Gasteiger partial charge < -0.3 is 19.5 Å². The van der Waals surface area contributed by atoms with Crippen molar-refractivity contribution in [1.82, 2.24) is 4.31 Å². The van der Waals surface area contributed by atoms with Crippen LogP contribution in [-0.4, -0.2) is 39.4 Å². The summed E-state index contributed by atoms with van der Waals surface area (Å²) in [5.41, 5.74) is 8.46. The minimum atomic E-state index is -3.45. The van der Waals surface area contributed by atoms with E-state index in [1.54, 1.807) is 13.0 Å². The van der Waals surface area contributed by atoms with Gasteiger partial charge in [0.25, 0.3) is 0 Å². The molecule has 276 valence electrons. The summed E-state index contributed by atoms with van der Waals surface area (Å²) < 4.78 is 44.7. The van der Waals surface area contributed by atoms with Gasteiger partial charge in [0.05, 0.1) is 23.0 Å². The molecule has 1 atom stereocenters. The Morgan fingerprint density at radius 3 is 1.84 bits per heavy atom. The van der Waals surface area contributed by atoms with E-state index in [1.165, 1.54) is 13.0 Å². The van der Waals surface area contributed by atoms with Crippen LogP contribution in [0.1, 0.15) is 50.8 Å². The van der Waals surface area contributed by atoms with Gasteiger partial charge in [-0.1, -0.05) is 98.3 Å². The molecular formula is C39H52N3O7PS. The zero-order chi connectivity index (χ0) is 38.7. The fraction of sp³-hybridized carbons (Fsp3) is 0.333. The SMILES string of the molecule is C#C.C#C.C/C=C(\C=C(/C)[N+](=O)[O-])S(=O)N(CCCN)CC(C)C.Cc1ccc(OCP(=O)(OCc2ccccc2)OCc2ccccc2)cc1. The Morgan fingerprint density at radius 1 is 0.941 bits per heavy atom. The molecule has 10 nitrogen and oxygen atoms in total. The Bertz CT molecular complexity index is 1520. The van der Waals surface area contributed by atoms with Crippen LogP contribution in [0.15, 0.2) is 108 Å². The van der Waals surface area contributed by atoms with Gasteiger partial charge in [-0.25, -0.2) is 8.51 Å². The molecule has 0 aliphatic carbocycles. The van der Waals surface area contributed by atoms with Crippen molar-refractivity contribution in [3.8, 4) is 31.4 Å². The molecule has 0 saturated carbocycles. The second-order valence-electron chi connectivity index (χ2n) is 11.1. The Labute approximate surface area is 307 Å². The molecule has 3 aromatic rings. The van der Waals surface area contributed by atoms with Crippen molar-refractivity contribution in [2.75, 3.05) is 26.0 Å². The van der Waals surface area contributed by atoms with Crippen molar-refractivity contribution in [1.29, 1.82) is 0 Å². The Kier molecular flexibility index (Phi) is 25.1. The summed E-state index contributed by atoms with van der Waals surface area (Å²) in [6, 6.07) is 26.7. The van der Waals surface area contributed by atoms with E-state index in [2.05, 4.69) is 25.7 Å². The predicted molar refractivity (Wildman–Crippen MR) is 209 cm³/mol. The van der Waals surface area contributed by atoms with Crippen molar-refractivity contribution in [3.63, 3.8) is 0 Å². The highest BCUT2D eigenvalue weighted by Crippen LogP contribution is 2.49. The van der Waals surface area contributed by atoms with Gasteiger partial charge in [0.1, 0.15) is 16.7 Å². The Morgan fingerprint density at radius 2 is 1.43 bits per heavy atom. The van der Waals surface area contributed by atoms with E-state index in [0.717, 1.165) is 23.1 Å². The van der Waals surface area contributed by atoms with Gasteiger partial charge in [-0.2, -0.15) is 0 Å². The molecule has 3 aromatic carbocycles. The standard InChI is InChI=1S/C22H23O4P.C13H25N3O3S.2C2H2/c1-19-12-14-22(15-13-19)24-18-27(23,25-16-20-8-4-2-5-9-20)26-17-21-10-6-3-7-11-21;1-5-13(9-12(4)16(17)18)20(19)15(8-6-7-14)10-11(2)3;2*1-2/h2-15H,16-18H2,1H3;5,9,11H,6-8,10,14H2,1-4H3;2*1-2H/b;12-9+,13-5+;;. The Hall–Kier alpha value is -4.32. The quantitative estimate of drug-likeness (QED) is 0.0452. The third kappa shape index (κ3) is 20.2. The fourth-order valence-corrected chi connectivity index (χ4v) is 6.68. The summed E-state index contributed by atoms with van der Waals surface area (Å²) in [6.45, 7) is 11.4. The van der Waals surface area contributed by atoms with Crippen molar-refractivity contribution >= 4 is 18.6 Å². The van der Waals surface area contributed by atoms with Crippen LogP contribution in [-0.2, 0) is 37.8 Å². The summed E-state index contributed by atoms with van der Waals surface area (Å²) in [6.07, 6.45) is 19.6. The highest BCUT2D eigenvalue weighted by Gasteiger charge is 2.26. The monoisotopic (exact) mass is 737 g/mol. The van der Waals surface area contributed by atoms with E-state index in [4.69, 9.17) is 19.5 Å². The minimum Gasteiger partial charge on any atom is -0.481 e. The van der Waals surface area contributed by atoms with Crippen molar-refractivity contribution in [3.05, 3.63) is 134 Å². The number of hydrogen-bond acceptors (Lipinski definition) is 8. The molecule has 0 bridgehead atoms. The molecule has 0 radical (unpaired) electrons. The fourth-order valence-electron chi connectivity index (χ4n) is 3.95. The smallest absolute Gasteiger partial charge is 0.368 e. The lowest BCUT2D eigenvalue weighted by Gasteiger charge is -2.23. The lowest BCUT2D eigenvalue weighted by atomic mass is 10.2. The normalized spacial score (nSPS) is 11.9. The first kappa shape index (κ1) is 46.7. The summed E-state index contributed by atoms with van der Waals surface area (Å²) in [5.74, 6) is 0.989. The zero-order valence-corrected chi connectivity index (χ0v) is 32.0. The number of rotatable bonds is 18. The van der Waals surface area contributed by atoms with Crippen LogP contribution in [0.2, 0.25) is 0 Å². The van der Waals surface area contributed by atoms with Gasteiger partial charge in [-0.15, -0.1) is 25.7 Å². The number of nitro groups is 1. The first-order chi connectivity index (χ1) is 24.5. The van der Waals surface area contributed by atoms with Gasteiger partial charge >= 0.3 is 7.60 Å². The molecular weight excluding hydrogens is 685 g/mol. The second-order valence-corrected chi connectivity index (χ2v) is 14.6. The number of nitrogens with zero attached hydrogens (tertiary/aromatic N) is 2. The molecule has 1 unspecified atom stereocenters. The summed E-state index contributed by atoms with van der Waals surface area (Å²) >= 11 is 0. The first-order valence-electron chi connectivity index (χ1n) is 16.1. The van der Waals surface area contributed by atoms with Crippen LogP contribution in [0.3, 0.4) is 0 Å². The maximum absolute atomic E-state index is 13.2. The van der Waals surface area contributed by atoms with Crippen molar-refractivity contribution < 1.29 is 27.5 Å². The van der Waals surface area contributed by atoms with E-state index in [9.17, 15) is 18.9 Å². The third-order valence-corrected chi connectivity index (χ3v) is 9.54. The highest BCUT2D eigenvalue weighted by molar-refractivity contribution is 7.86. The molecule has 3 rings (SSSR count). The van der Waals surface area contributed by atoms with Crippen LogP contribution in [0.5, 0.6) is 5.75 Å². The molecule has 12 heteroatoms. The van der Waals surface area contributed by atoms with Gasteiger partial charge in [0, 0.05) is 26.1 Å². The van der Waals surface area contributed by atoms with Crippen LogP contribution in [0, 0.1) is 48.6 Å². The molecule has 0 aliphatic rings. The van der Waals surface area contributed by atoms with Gasteiger partial charge in [0.2, 0.25) is 5.70 Å². The van der Waals surface area contributed by atoms with Crippen LogP contribution < -0.4 is 10.5 Å².